The number of amides is 1. The summed E-state index contributed by atoms with van der Waals surface area (Å²) in [6.07, 6.45) is 6.32. The van der Waals surface area contributed by atoms with Gasteiger partial charge in [0.15, 0.2) is 5.69 Å². The molecule has 134 valence electrons. The summed E-state index contributed by atoms with van der Waals surface area (Å²) < 4.78 is 6.97. The monoisotopic (exact) mass is 365 g/mol. The maximum absolute atomic E-state index is 12.4. The standard InChI is InChI=1S/C17H20ClN3O4/c1-17(2)16-20-12(13(22)15(24)21(16)7-8-25-17)14(23)19-9-10-3-5-11(18)6-4-10/h3-5,11,22H,6-9H2,1-2H3,(H,19,23). The van der Waals surface area contributed by atoms with Crippen LogP contribution in [0.15, 0.2) is 28.6 Å². The first-order chi connectivity index (χ1) is 11.8. The summed E-state index contributed by atoms with van der Waals surface area (Å²) in [7, 11) is 0. The van der Waals surface area contributed by atoms with Gasteiger partial charge in [-0.2, -0.15) is 0 Å². The van der Waals surface area contributed by atoms with Gasteiger partial charge in [0.05, 0.1) is 18.5 Å². The number of carbonyl (C=O) groups excluding carboxylic acids is 1. The van der Waals surface area contributed by atoms with E-state index in [9.17, 15) is 14.7 Å². The summed E-state index contributed by atoms with van der Waals surface area (Å²) in [5.41, 5.74) is -0.828. The predicted molar refractivity (Wildman–Crippen MR) is 93.0 cm³/mol. The molecule has 0 saturated heterocycles. The molecular weight excluding hydrogens is 346 g/mol. The molecule has 7 nitrogen and oxygen atoms in total. The van der Waals surface area contributed by atoms with E-state index in [1.54, 1.807) is 13.8 Å². The minimum absolute atomic E-state index is 0.0342. The molecule has 1 unspecified atom stereocenters. The number of ether oxygens (including phenoxy) is 1. The molecule has 3 rings (SSSR count). The summed E-state index contributed by atoms with van der Waals surface area (Å²) in [6, 6.07) is 0. The summed E-state index contributed by atoms with van der Waals surface area (Å²) in [5, 5.41) is 12.8. The van der Waals surface area contributed by atoms with E-state index in [0.717, 1.165) is 5.57 Å². The normalized spacial score (nSPS) is 21.4. The van der Waals surface area contributed by atoms with E-state index in [1.165, 1.54) is 4.57 Å². The first-order valence-corrected chi connectivity index (χ1v) is 8.51. The topological polar surface area (TPSA) is 93.5 Å². The Kier molecular flexibility index (Phi) is 4.71. The van der Waals surface area contributed by atoms with Crippen molar-refractivity contribution in [2.75, 3.05) is 13.2 Å². The number of aromatic nitrogens is 2. The van der Waals surface area contributed by atoms with Crippen molar-refractivity contribution in [3.8, 4) is 5.75 Å². The highest BCUT2D eigenvalue weighted by atomic mass is 35.5. The Morgan fingerprint density at radius 3 is 3.00 bits per heavy atom. The van der Waals surface area contributed by atoms with Crippen LogP contribution in [0.2, 0.25) is 0 Å². The van der Waals surface area contributed by atoms with Crippen molar-refractivity contribution in [2.24, 2.45) is 0 Å². The lowest BCUT2D eigenvalue weighted by atomic mass is 10.1. The van der Waals surface area contributed by atoms with Gasteiger partial charge in [-0.25, -0.2) is 4.98 Å². The van der Waals surface area contributed by atoms with Gasteiger partial charge >= 0.3 is 0 Å². The number of halogens is 1. The van der Waals surface area contributed by atoms with Crippen LogP contribution in [-0.2, 0) is 16.9 Å². The summed E-state index contributed by atoms with van der Waals surface area (Å²) in [4.78, 5) is 29.0. The third-order valence-electron chi connectivity index (χ3n) is 4.25. The molecule has 8 heteroatoms. The maximum Gasteiger partial charge on any atom is 0.296 e. The number of nitrogens with zero attached hydrogens (tertiary/aromatic N) is 2. The number of rotatable bonds is 3. The number of nitrogens with one attached hydrogen (secondary N) is 1. The second-order valence-electron chi connectivity index (χ2n) is 6.52. The highest BCUT2D eigenvalue weighted by Gasteiger charge is 2.34. The van der Waals surface area contributed by atoms with Gasteiger partial charge in [0, 0.05) is 6.54 Å². The molecule has 2 heterocycles. The first kappa shape index (κ1) is 17.7. The fraction of sp³-hybridized carbons (Fsp3) is 0.471. The third kappa shape index (κ3) is 3.48. The number of aromatic hydroxyl groups is 1. The van der Waals surface area contributed by atoms with E-state index in [-0.39, 0.29) is 24.2 Å². The van der Waals surface area contributed by atoms with Crippen LogP contribution < -0.4 is 10.9 Å². The van der Waals surface area contributed by atoms with E-state index in [2.05, 4.69) is 10.3 Å². The number of carbonyl (C=O) groups is 1. The molecule has 1 aliphatic carbocycles. The summed E-state index contributed by atoms with van der Waals surface area (Å²) in [6.45, 7) is 4.43. The average Bonchev–Trinajstić information content (AvgIpc) is 2.57. The van der Waals surface area contributed by atoms with Gasteiger partial charge in [0.25, 0.3) is 11.5 Å². The Morgan fingerprint density at radius 2 is 2.32 bits per heavy atom. The summed E-state index contributed by atoms with van der Waals surface area (Å²) >= 11 is 5.96. The third-order valence-corrected chi connectivity index (χ3v) is 4.58. The number of allylic oxidation sites excluding steroid dienone is 2. The van der Waals surface area contributed by atoms with Crippen LogP contribution in [0.1, 0.15) is 36.6 Å². The van der Waals surface area contributed by atoms with Crippen molar-refractivity contribution in [2.45, 2.75) is 37.8 Å². The zero-order valence-electron chi connectivity index (χ0n) is 14.1. The molecule has 0 aromatic carbocycles. The predicted octanol–water partition coefficient (Wildman–Crippen LogP) is 1.44. The smallest absolute Gasteiger partial charge is 0.296 e. The molecule has 1 aromatic heterocycles. The lowest BCUT2D eigenvalue weighted by Crippen LogP contribution is -2.42. The second-order valence-corrected chi connectivity index (χ2v) is 7.08. The Hall–Kier alpha value is -2.12. The van der Waals surface area contributed by atoms with Crippen molar-refractivity contribution in [3.05, 3.63) is 45.7 Å². The number of hydrogen-bond acceptors (Lipinski definition) is 5. The van der Waals surface area contributed by atoms with Crippen LogP contribution in [-0.4, -0.2) is 39.1 Å². The van der Waals surface area contributed by atoms with Gasteiger partial charge in [-0.15, -0.1) is 11.6 Å². The molecule has 0 radical (unpaired) electrons. The molecule has 1 atom stereocenters. The quantitative estimate of drug-likeness (QED) is 0.790. The van der Waals surface area contributed by atoms with Gasteiger partial charge < -0.3 is 15.2 Å². The van der Waals surface area contributed by atoms with Crippen LogP contribution in [0.25, 0.3) is 0 Å². The molecule has 25 heavy (non-hydrogen) atoms. The van der Waals surface area contributed by atoms with Crippen molar-refractivity contribution in [3.63, 3.8) is 0 Å². The van der Waals surface area contributed by atoms with Gasteiger partial charge in [-0.3, -0.25) is 14.2 Å². The van der Waals surface area contributed by atoms with E-state index in [0.29, 0.717) is 18.9 Å². The maximum atomic E-state index is 12.4. The molecule has 1 aliphatic heterocycles. The number of fused-ring (bicyclic) bond motifs is 1. The molecule has 2 N–H and O–H groups in total. The zero-order valence-corrected chi connectivity index (χ0v) is 14.8. The first-order valence-electron chi connectivity index (χ1n) is 8.07. The van der Waals surface area contributed by atoms with Crippen molar-refractivity contribution in [1.82, 2.24) is 14.9 Å². The average molecular weight is 366 g/mol. The highest BCUT2D eigenvalue weighted by Crippen LogP contribution is 2.27. The van der Waals surface area contributed by atoms with E-state index >= 15 is 0 Å². The van der Waals surface area contributed by atoms with Gasteiger partial charge in [-0.1, -0.05) is 18.2 Å². The lowest BCUT2D eigenvalue weighted by molar-refractivity contribution is -0.0566. The fourth-order valence-electron chi connectivity index (χ4n) is 2.86. The largest absolute Gasteiger partial charge is 0.501 e. The molecule has 1 aromatic rings. The molecule has 0 spiro atoms. The number of alkyl halides is 1. The second kappa shape index (κ2) is 6.65. The van der Waals surface area contributed by atoms with Crippen molar-refractivity contribution >= 4 is 17.5 Å². The molecule has 0 saturated carbocycles. The van der Waals surface area contributed by atoms with Crippen LogP contribution in [0, 0.1) is 0 Å². The minimum Gasteiger partial charge on any atom is -0.501 e. The van der Waals surface area contributed by atoms with Crippen molar-refractivity contribution in [1.29, 1.82) is 0 Å². The molecule has 0 fully saturated rings. The minimum atomic E-state index is -0.815. The van der Waals surface area contributed by atoms with Gasteiger partial charge in [0.2, 0.25) is 5.75 Å². The van der Waals surface area contributed by atoms with Crippen molar-refractivity contribution < 1.29 is 14.6 Å². The lowest BCUT2D eigenvalue weighted by Gasteiger charge is -2.32. The van der Waals surface area contributed by atoms with Gasteiger partial charge in [-0.05, 0) is 25.8 Å². The van der Waals surface area contributed by atoms with E-state index < -0.39 is 22.8 Å². The SMILES string of the molecule is CC1(C)OCCn2c1nc(C(=O)NCC1=CCC(Cl)C=C1)c(O)c2=O. The Balaban J connectivity index is 1.85. The Labute approximate surface area is 150 Å². The van der Waals surface area contributed by atoms with Crippen LogP contribution in [0.3, 0.4) is 0 Å². The van der Waals surface area contributed by atoms with Crippen LogP contribution in [0.4, 0.5) is 0 Å². The Bertz CT molecular complexity index is 826. The molecule has 0 bridgehead atoms. The zero-order chi connectivity index (χ0) is 18.2. The summed E-state index contributed by atoms with van der Waals surface area (Å²) in [5.74, 6) is -0.928. The molecular formula is C17H20ClN3O4. The van der Waals surface area contributed by atoms with Crippen LogP contribution in [0.5, 0.6) is 5.75 Å². The number of hydrogen-bond donors (Lipinski definition) is 2. The Morgan fingerprint density at radius 1 is 1.56 bits per heavy atom. The molecule has 2 aliphatic rings. The van der Waals surface area contributed by atoms with E-state index in [4.69, 9.17) is 16.3 Å². The molecule has 1 amide bonds. The van der Waals surface area contributed by atoms with Gasteiger partial charge in [0.1, 0.15) is 11.4 Å². The van der Waals surface area contributed by atoms with Crippen LogP contribution >= 0.6 is 11.6 Å². The van der Waals surface area contributed by atoms with E-state index in [1.807, 2.05) is 18.2 Å². The highest BCUT2D eigenvalue weighted by molar-refractivity contribution is 6.22. The fourth-order valence-corrected chi connectivity index (χ4v) is 3.02.